The van der Waals surface area contributed by atoms with Gasteiger partial charge in [0.15, 0.2) is 0 Å². The van der Waals surface area contributed by atoms with E-state index < -0.39 is 11.2 Å². The average molecular weight is 239 g/mol. The zero-order chi connectivity index (χ0) is 12.0. The molecule has 0 aliphatic carbocycles. The number of carboxylic acid groups (broad SMARTS) is 1. The summed E-state index contributed by atoms with van der Waals surface area (Å²) in [7, 11) is 3.97. The summed E-state index contributed by atoms with van der Waals surface area (Å²) in [6.07, 6.45) is 0. The standard InChI is InChI=1S/C12H17NO2S/c1-13(2)8-9-16-11(12(14)15)10-6-4-3-5-7-10/h3-7,11H,8-9H2,1-2H3,(H,14,15). The van der Waals surface area contributed by atoms with Crippen LogP contribution in [0, 0.1) is 0 Å². The van der Waals surface area contributed by atoms with Gasteiger partial charge in [-0.15, -0.1) is 11.8 Å². The van der Waals surface area contributed by atoms with Crippen molar-refractivity contribution in [2.75, 3.05) is 26.4 Å². The third-order valence-electron chi connectivity index (χ3n) is 2.15. The van der Waals surface area contributed by atoms with Crippen LogP contribution < -0.4 is 0 Å². The van der Waals surface area contributed by atoms with Crippen LogP contribution in [0.2, 0.25) is 0 Å². The van der Waals surface area contributed by atoms with Crippen LogP contribution in [0.25, 0.3) is 0 Å². The molecule has 0 saturated heterocycles. The molecule has 1 aromatic carbocycles. The Morgan fingerprint density at radius 3 is 2.50 bits per heavy atom. The highest BCUT2D eigenvalue weighted by atomic mass is 32.2. The predicted molar refractivity (Wildman–Crippen MR) is 67.8 cm³/mol. The molecule has 4 heteroatoms. The lowest BCUT2D eigenvalue weighted by Gasteiger charge is -2.14. The molecule has 88 valence electrons. The molecule has 0 amide bonds. The minimum absolute atomic E-state index is 0.457. The molecule has 0 radical (unpaired) electrons. The van der Waals surface area contributed by atoms with Crippen molar-refractivity contribution < 1.29 is 9.90 Å². The fraction of sp³-hybridized carbons (Fsp3) is 0.417. The number of carboxylic acids is 1. The summed E-state index contributed by atoms with van der Waals surface area (Å²) in [5, 5.41) is 8.70. The lowest BCUT2D eigenvalue weighted by molar-refractivity contribution is -0.136. The van der Waals surface area contributed by atoms with Crippen molar-refractivity contribution >= 4 is 17.7 Å². The average Bonchev–Trinajstić information content (AvgIpc) is 2.25. The normalized spacial score (nSPS) is 12.7. The molecule has 0 aliphatic rings. The van der Waals surface area contributed by atoms with Gasteiger partial charge in [0.05, 0.1) is 0 Å². The molecule has 1 rings (SSSR count). The van der Waals surface area contributed by atoms with Gasteiger partial charge in [0.2, 0.25) is 0 Å². The Labute approximate surface area is 100 Å². The van der Waals surface area contributed by atoms with Gasteiger partial charge >= 0.3 is 5.97 Å². The third kappa shape index (κ3) is 4.24. The van der Waals surface area contributed by atoms with E-state index in [1.165, 1.54) is 11.8 Å². The van der Waals surface area contributed by atoms with Crippen LogP contribution in [-0.2, 0) is 4.79 Å². The molecule has 3 nitrogen and oxygen atoms in total. The van der Waals surface area contributed by atoms with E-state index in [1.54, 1.807) is 0 Å². The second-order valence-electron chi connectivity index (χ2n) is 3.80. The van der Waals surface area contributed by atoms with Crippen molar-refractivity contribution in [1.82, 2.24) is 4.90 Å². The molecule has 0 aliphatic heterocycles. The van der Waals surface area contributed by atoms with Crippen molar-refractivity contribution in [3.63, 3.8) is 0 Å². The Morgan fingerprint density at radius 1 is 1.38 bits per heavy atom. The van der Waals surface area contributed by atoms with Crippen LogP contribution >= 0.6 is 11.8 Å². The van der Waals surface area contributed by atoms with E-state index >= 15 is 0 Å². The molecule has 0 bridgehead atoms. The van der Waals surface area contributed by atoms with E-state index in [0.717, 1.165) is 17.9 Å². The number of thioether (sulfide) groups is 1. The monoisotopic (exact) mass is 239 g/mol. The zero-order valence-electron chi connectivity index (χ0n) is 9.59. The van der Waals surface area contributed by atoms with E-state index in [4.69, 9.17) is 5.11 Å². The summed E-state index contributed by atoms with van der Waals surface area (Å²) in [5.74, 6) is 0.0498. The number of aliphatic carboxylic acids is 1. The molecule has 1 atom stereocenters. The molecule has 1 aromatic rings. The topological polar surface area (TPSA) is 40.5 Å². The second-order valence-corrected chi connectivity index (χ2v) is 5.02. The summed E-state index contributed by atoms with van der Waals surface area (Å²) >= 11 is 1.47. The van der Waals surface area contributed by atoms with Gasteiger partial charge in [-0.25, -0.2) is 0 Å². The largest absolute Gasteiger partial charge is 0.480 e. The van der Waals surface area contributed by atoms with E-state index in [2.05, 4.69) is 4.90 Å². The minimum atomic E-state index is -0.769. The first kappa shape index (κ1) is 13.1. The SMILES string of the molecule is CN(C)CCSC(C(=O)O)c1ccccc1. The maximum Gasteiger partial charge on any atom is 0.321 e. The van der Waals surface area contributed by atoms with Crippen LogP contribution in [0.3, 0.4) is 0 Å². The van der Waals surface area contributed by atoms with E-state index in [0.29, 0.717) is 0 Å². The van der Waals surface area contributed by atoms with Gasteiger partial charge in [-0.1, -0.05) is 30.3 Å². The van der Waals surface area contributed by atoms with Crippen molar-refractivity contribution in [3.8, 4) is 0 Å². The number of hydrogen-bond acceptors (Lipinski definition) is 3. The van der Waals surface area contributed by atoms with Gasteiger partial charge in [-0.2, -0.15) is 0 Å². The molecule has 0 aromatic heterocycles. The highest BCUT2D eigenvalue weighted by Crippen LogP contribution is 2.28. The zero-order valence-corrected chi connectivity index (χ0v) is 10.4. The summed E-state index contributed by atoms with van der Waals surface area (Å²) in [6.45, 7) is 0.890. The molecule has 0 heterocycles. The smallest absolute Gasteiger partial charge is 0.321 e. The number of rotatable bonds is 6. The summed E-state index contributed by atoms with van der Waals surface area (Å²) in [4.78, 5) is 13.2. The fourth-order valence-electron chi connectivity index (χ4n) is 1.29. The highest BCUT2D eigenvalue weighted by Gasteiger charge is 2.19. The van der Waals surface area contributed by atoms with Crippen LogP contribution in [0.1, 0.15) is 10.8 Å². The van der Waals surface area contributed by atoms with Crippen molar-refractivity contribution in [2.24, 2.45) is 0 Å². The van der Waals surface area contributed by atoms with Crippen LogP contribution in [0.5, 0.6) is 0 Å². The van der Waals surface area contributed by atoms with E-state index in [-0.39, 0.29) is 0 Å². The van der Waals surface area contributed by atoms with E-state index in [9.17, 15) is 4.79 Å². The number of hydrogen-bond donors (Lipinski definition) is 1. The summed E-state index contributed by atoms with van der Waals surface area (Å²) < 4.78 is 0. The Kier molecular flexibility index (Phi) is 5.35. The predicted octanol–water partition coefficient (Wildman–Crippen LogP) is 2.11. The van der Waals surface area contributed by atoms with Crippen LogP contribution in [-0.4, -0.2) is 42.4 Å². The molecule has 1 unspecified atom stereocenters. The minimum Gasteiger partial charge on any atom is -0.480 e. The maximum absolute atomic E-state index is 11.1. The van der Waals surface area contributed by atoms with Gasteiger partial charge in [0, 0.05) is 12.3 Å². The van der Waals surface area contributed by atoms with Gasteiger partial charge in [0.1, 0.15) is 5.25 Å². The Morgan fingerprint density at radius 2 is 2.00 bits per heavy atom. The third-order valence-corrected chi connectivity index (χ3v) is 3.38. The van der Waals surface area contributed by atoms with Crippen molar-refractivity contribution in [3.05, 3.63) is 35.9 Å². The fourth-order valence-corrected chi connectivity index (χ4v) is 2.49. The first-order valence-electron chi connectivity index (χ1n) is 5.15. The van der Waals surface area contributed by atoms with E-state index in [1.807, 2.05) is 44.4 Å². The van der Waals surface area contributed by atoms with Crippen LogP contribution in [0.15, 0.2) is 30.3 Å². The lowest BCUT2D eigenvalue weighted by Crippen LogP contribution is -2.17. The maximum atomic E-state index is 11.1. The molecular weight excluding hydrogens is 222 g/mol. The van der Waals surface area contributed by atoms with Gasteiger partial charge in [0.25, 0.3) is 0 Å². The molecular formula is C12H17NO2S. The Hall–Kier alpha value is -1.00. The lowest BCUT2D eigenvalue weighted by atomic mass is 10.1. The van der Waals surface area contributed by atoms with Gasteiger partial charge in [-0.05, 0) is 19.7 Å². The van der Waals surface area contributed by atoms with Gasteiger partial charge < -0.3 is 10.0 Å². The first-order chi connectivity index (χ1) is 7.61. The Balaban J connectivity index is 2.59. The second kappa shape index (κ2) is 6.55. The van der Waals surface area contributed by atoms with Crippen LogP contribution in [0.4, 0.5) is 0 Å². The summed E-state index contributed by atoms with van der Waals surface area (Å²) in [5.41, 5.74) is 0.860. The van der Waals surface area contributed by atoms with Gasteiger partial charge in [-0.3, -0.25) is 4.79 Å². The number of benzene rings is 1. The van der Waals surface area contributed by atoms with Crippen molar-refractivity contribution in [2.45, 2.75) is 5.25 Å². The molecule has 0 fully saturated rings. The Bertz CT molecular complexity index is 327. The molecule has 0 spiro atoms. The number of carbonyl (C=O) groups is 1. The summed E-state index contributed by atoms with van der Waals surface area (Å²) in [6, 6.07) is 9.37. The first-order valence-corrected chi connectivity index (χ1v) is 6.20. The van der Waals surface area contributed by atoms with Crippen molar-refractivity contribution in [1.29, 1.82) is 0 Å². The molecule has 1 N–H and O–H groups in total. The molecule has 0 saturated carbocycles. The molecule has 16 heavy (non-hydrogen) atoms. The highest BCUT2D eigenvalue weighted by molar-refractivity contribution is 8.00. The quantitative estimate of drug-likeness (QED) is 0.825. The number of nitrogens with zero attached hydrogens (tertiary/aromatic N) is 1.